The summed E-state index contributed by atoms with van der Waals surface area (Å²) in [6, 6.07) is 66.1. The second kappa shape index (κ2) is 26.3. The summed E-state index contributed by atoms with van der Waals surface area (Å²) >= 11 is 0. The molecule has 4 aliphatic heterocycles. The van der Waals surface area contributed by atoms with Crippen LogP contribution in [-0.2, 0) is 0 Å². The molecule has 8 bridgehead atoms. The molecule has 2 unspecified atom stereocenters. The lowest BCUT2D eigenvalue weighted by atomic mass is 10.00. The van der Waals surface area contributed by atoms with E-state index in [0.717, 1.165) is 0 Å². The molecule has 0 spiro atoms. The Morgan fingerprint density at radius 3 is 1.00 bits per heavy atom. The van der Waals surface area contributed by atoms with E-state index in [1.807, 2.05) is 0 Å². The number of aromatic nitrogens is 1. The van der Waals surface area contributed by atoms with Crippen molar-refractivity contribution in [3.8, 4) is 0 Å². The van der Waals surface area contributed by atoms with Crippen LogP contribution in [0.2, 0.25) is 0 Å². The van der Waals surface area contributed by atoms with E-state index in [9.17, 15) is 0 Å². The number of halogens is 8. The smallest absolute Gasteiger partial charge is 0.173 e. The number of amidine groups is 4. The topological polar surface area (TPSA) is 198 Å². The van der Waals surface area contributed by atoms with Gasteiger partial charge in [-0.3, -0.25) is 0 Å². The van der Waals surface area contributed by atoms with E-state index in [2.05, 4.69) is 52.8 Å². The monoisotopic (exact) mass is 1390 g/mol. The Labute approximate surface area is 586 Å². The van der Waals surface area contributed by atoms with Crippen molar-refractivity contribution in [1.29, 1.82) is 0 Å². The number of fused-ring (bicyclic) bond motifs is 18. The van der Waals surface area contributed by atoms with E-state index in [1.54, 1.807) is 243 Å². The molecule has 0 aliphatic carbocycles. The van der Waals surface area contributed by atoms with E-state index in [4.69, 9.17) is 30.0 Å². The Morgan fingerprint density at radius 1 is 0.250 bits per heavy atom. The third-order valence-electron chi connectivity index (χ3n) is 17.8. The summed E-state index contributed by atoms with van der Waals surface area (Å²) in [5, 5.41) is 26.4. The predicted octanol–water partition coefficient (Wildman–Crippen LogP) is 19.2. The molecule has 5 heterocycles. The number of hydrogen-bond donors (Lipinski definition) is 10. The maximum atomic E-state index is 18.8. The highest BCUT2D eigenvalue weighted by Crippen LogP contribution is 2.50. The zero-order valence-corrected chi connectivity index (χ0v) is 54.0. The van der Waals surface area contributed by atoms with Crippen molar-refractivity contribution in [3.05, 3.63) is 334 Å². The van der Waals surface area contributed by atoms with Crippen molar-refractivity contribution >= 4 is 125 Å². The second-order valence-corrected chi connectivity index (χ2v) is 24.3. The van der Waals surface area contributed by atoms with Gasteiger partial charge in [-0.25, -0.2) is 65.1 Å². The minimum atomic E-state index is -1.88. The van der Waals surface area contributed by atoms with Crippen LogP contribution < -0.4 is 58.8 Å². The van der Waals surface area contributed by atoms with E-state index in [1.165, 1.54) is 0 Å². The number of aliphatic imine (C=N–C) groups is 4. The summed E-state index contributed by atoms with van der Waals surface area (Å²) in [6.07, 6.45) is -3.67. The molecule has 104 heavy (non-hydrogen) atoms. The summed E-state index contributed by atoms with van der Waals surface area (Å²) in [7, 11) is 0. The van der Waals surface area contributed by atoms with Crippen molar-refractivity contribution in [2.24, 2.45) is 30.0 Å². The zero-order chi connectivity index (χ0) is 70.7. The van der Waals surface area contributed by atoms with Crippen LogP contribution >= 0.6 is 0 Å². The van der Waals surface area contributed by atoms with Crippen LogP contribution in [0.1, 0.15) is 45.7 Å². The van der Waals surface area contributed by atoms with E-state index >= 15 is 35.1 Å². The largest absolute Gasteiger partial charge is 0.353 e. The van der Waals surface area contributed by atoms with Crippen molar-refractivity contribution in [2.45, 2.75) is 12.3 Å². The minimum Gasteiger partial charge on any atom is -0.353 e. The first-order valence-electron chi connectivity index (χ1n) is 32.7. The number of benzene rings is 12. The van der Waals surface area contributed by atoms with Gasteiger partial charge in [-0.05, 0) is 97.1 Å². The van der Waals surface area contributed by atoms with E-state index in [-0.39, 0.29) is 50.6 Å². The standard InChI is InChI=1S/C80H52F8N16/c81-57-49-53(65(89-41-25-9-1-10-26-41)61(85)69(57)93-45-33-17-5-18-34-45)77-97-73(49)102-78-55-51(59(83)71(95-47-37-21-7-22-38-47)63(87)67(55)91-43-29-13-3-14-30-43)75(99-78)104-80-56-52(60(84)72(96-48-39-23-8-24-40-48)64(88)68(56)92-44-31-15-4-16-32-44)76(100-80)103-79-54-50(74(98-79)101-77)58(82)70(94-46-35-19-6-20-36-46)62(86)66(54)90-42-27-11-2-12-28-42/h1-40,77-78,89-96H,(H,97,102)(H,98,99,100,101,103,104). The molecule has 1 aromatic heterocycles. The maximum absolute atomic E-state index is 18.8. The molecule has 13 aromatic rings. The molecule has 0 fully saturated rings. The van der Waals surface area contributed by atoms with Gasteiger partial charge in [0.2, 0.25) is 0 Å². The van der Waals surface area contributed by atoms with Gasteiger partial charge in [0.05, 0.1) is 55.8 Å². The molecule has 16 nitrogen and oxygen atoms in total. The first-order valence-corrected chi connectivity index (χ1v) is 32.7. The van der Waals surface area contributed by atoms with E-state index < -0.39 is 161 Å². The molecule has 0 saturated carbocycles. The molecule has 0 saturated heterocycles. The number of anilines is 16. The van der Waals surface area contributed by atoms with Crippen LogP contribution in [0.3, 0.4) is 0 Å². The number of hydrogen-bond acceptors (Lipinski definition) is 15. The lowest BCUT2D eigenvalue weighted by Gasteiger charge is -2.20. The van der Waals surface area contributed by atoms with Crippen LogP contribution in [-0.4, -0.2) is 28.3 Å². The van der Waals surface area contributed by atoms with Crippen LogP contribution in [0, 0.1) is 46.5 Å². The summed E-state index contributed by atoms with van der Waals surface area (Å²) < 4.78 is 149. The maximum Gasteiger partial charge on any atom is 0.173 e. The molecule has 0 amide bonds. The average molecular weight is 1390 g/mol. The SMILES string of the molecule is Fc1c(Nc2ccccc2)c(F)c2c(c1Nc1ccccc1)C1=N/C2=N\C2N/C(=N\C3N=C(N=c4[nH]c(c5c(F)c(Nc6ccccc6)c(F)c(Nc6ccccc6)c45)=N1)c1c(F)c(Nc4ccccc4)c(F)c(Nc4ccccc4)c13)c1c(F)c(Nc3ccccc3)c(F)c(Nc3ccccc3)c12. The quantitative estimate of drug-likeness (QED) is 0.0418. The first kappa shape index (κ1) is 63.5. The number of aromatic amines is 1. The second-order valence-electron chi connectivity index (χ2n) is 24.3. The summed E-state index contributed by atoms with van der Waals surface area (Å²) in [6.45, 7) is 0. The van der Waals surface area contributed by atoms with Gasteiger partial charge >= 0.3 is 0 Å². The summed E-state index contributed by atoms with van der Waals surface area (Å²) in [4.78, 5) is 33.3. The van der Waals surface area contributed by atoms with Gasteiger partial charge in [-0.2, -0.15) is 0 Å². The van der Waals surface area contributed by atoms with Gasteiger partial charge in [0.15, 0.2) is 76.4 Å². The molecular weight excluding hydrogens is 1340 g/mol. The number of rotatable bonds is 16. The molecule has 12 aromatic carbocycles. The number of para-hydroxylation sites is 8. The fourth-order valence-corrected chi connectivity index (χ4v) is 13.1. The van der Waals surface area contributed by atoms with Gasteiger partial charge in [-0.15, -0.1) is 0 Å². The van der Waals surface area contributed by atoms with E-state index in [0.29, 0.717) is 17.1 Å². The van der Waals surface area contributed by atoms with Crippen LogP contribution in [0.25, 0.3) is 10.8 Å². The highest BCUT2D eigenvalue weighted by Gasteiger charge is 2.44. The van der Waals surface area contributed by atoms with Gasteiger partial charge < -0.3 is 52.8 Å². The fourth-order valence-electron chi connectivity index (χ4n) is 13.1. The van der Waals surface area contributed by atoms with Crippen molar-refractivity contribution in [2.75, 3.05) is 42.5 Å². The zero-order valence-electron chi connectivity index (χ0n) is 54.0. The number of nitrogens with zero attached hydrogens (tertiary/aromatic N) is 6. The Kier molecular flexibility index (Phi) is 16.1. The fraction of sp³-hybridized carbons (Fsp3) is 0.0250. The minimum absolute atomic E-state index is 0.249. The van der Waals surface area contributed by atoms with Gasteiger partial charge in [-0.1, -0.05) is 146 Å². The van der Waals surface area contributed by atoms with Gasteiger partial charge in [0, 0.05) is 56.6 Å². The first-order chi connectivity index (χ1) is 50.9. The van der Waals surface area contributed by atoms with Crippen molar-refractivity contribution < 1.29 is 35.1 Å². The molecule has 17 rings (SSSR count). The van der Waals surface area contributed by atoms with Gasteiger partial charge in [0.25, 0.3) is 0 Å². The van der Waals surface area contributed by atoms with Crippen LogP contribution in [0.15, 0.2) is 273 Å². The highest BCUT2D eigenvalue weighted by molar-refractivity contribution is 6.26. The van der Waals surface area contributed by atoms with Crippen molar-refractivity contribution in [1.82, 2.24) is 10.3 Å². The van der Waals surface area contributed by atoms with Gasteiger partial charge in [0.1, 0.15) is 39.6 Å². The normalized spacial score (nSPS) is 15.4. The molecule has 24 heteroatoms. The number of nitrogens with one attached hydrogen (secondary N) is 10. The third kappa shape index (κ3) is 11.4. The third-order valence-corrected chi connectivity index (χ3v) is 17.8. The Balaban J connectivity index is 1.04. The van der Waals surface area contributed by atoms with Crippen LogP contribution in [0.4, 0.5) is 126 Å². The highest BCUT2D eigenvalue weighted by atomic mass is 19.2. The predicted molar refractivity (Wildman–Crippen MR) is 392 cm³/mol. The molecule has 508 valence electrons. The van der Waals surface area contributed by atoms with Crippen LogP contribution in [0.5, 0.6) is 0 Å². The number of H-pyrrole nitrogens is 1. The lowest BCUT2D eigenvalue weighted by molar-refractivity contribution is 0.585. The Hall–Kier alpha value is -13.9. The molecular formula is C80H52F8N16. The van der Waals surface area contributed by atoms with Crippen molar-refractivity contribution in [3.63, 3.8) is 0 Å². The summed E-state index contributed by atoms with van der Waals surface area (Å²) in [5.41, 5.74) is -5.72. The average Bonchev–Trinajstić information content (AvgIpc) is 1.56. The molecule has 10 N–H and O–H groups in total. The summed E-state index contributed by atoms with van der Waals surface area (Å²) in [5.74, 6) is -11.9. The lowest BCUT2D eigenvalue weighted by Crippen LogP contribution is -2.22. The molecule has 4 aliphatic rings. The molecule has 2 atom stereocenters. The Bertz CT molecular complexity index is 5860. The Morgan fingerprint density at radius 2 is 0.567 bits per heavy atom. The molecule has 0 radical (unpaired) electrons.